The summed E-state index contributed by atoms with van der Waals surface area (Å²) in [6.07, 6.45) is 3.44. The molecule has 440 valence electrons. The number of para-hydroxylation sites is 2. The number of methoxy groups -OCH3 is 4. The van der Waals surface area contributed by atoms with Gasteiger partial charge in [-0.05, 0) is 149 Å². The maximum Gasteiger partial charge on any atom is 0.313 e. The van der Waals surface area contributed by atoms with E-state index in [1.165, 1.54) is 10.4 Å². The molecule has 84 heavy (non-hydrogen) atoms. The molecule has 6 heterocycles. The van der Waals surface area contributed by atoms with E-state index in [4.69, 9.17) is 61.1 Å². The van der Waals surface area contributed by atoms with E-state index in [0.717, 1.165) is 62.0 Å². The zero-order chi connectivity index (χ0) is 59.6. The Labute approximate surface area is 497 Å². The number of aromatic nitrogens is 10. The fraction of sp³-hybridized carbons (Fsp3) is 0.355. The summed E-state index contributed by atoms with van der Waals surface area (Å²) in [4.78, 5) is 25.5. The van der Waals surface area contributed by atoms with Crippen LogP contribution >= 0.6 is 23.2 Å². The van der Waals surface area contributed by atoms with Gasteiger partial charge in [0.2, 0.25) is 0 Å². The van der Waals surface area contributed by atoms with Gasteiger partial charge in [-0.15, -0.1) is 15.3 Å². The third-order valence-corrected chi connectivity index (χ3v) is 14.5. The summed E-state index contributed by atoms with van der Waals surface area (Å²) in [5.74, 6) is 2.36. The summed E-state index contributed by atoms with van der Waals surface area (Å²) in [6, 6.07) is 31.6. The topological polar surface area (TPSA) is 205 Å². The van der Waals surface area contributed by atoms with Crippen molar-refractivity contribution in [1.82, 2.24) is 49.5 Å². The van der Waals surface area contributed by atoms with Crippen LogP contribution in [0.2, 0.25) is 10.0 Å². The van der Waals surface area contributed by atoms with Crippen molar-refractivity contribution in [2.45, 2.75) is 105 Å². The molecule has 20 nitrogen and oxygen atoms in total. The van der Waals surface area contributed by atoms with Gasteiger partial charge in [-0.1, -0.05) is 58.6 Å². The van der Waals surface area contributed by atoms with Crippen molar-refractivity contribution in [3.05, 3.63) is 175 Å². The number of tetrazole rings is 2. The Morgan fingerprint density at radius 2 is 1.08 bits per heavy atom. The van der Waals surface area contributed by atoms with Crippen molar-refractivity contribution in [3.63, 3.8) is 0 Å². The maximum absolute atomic E-state index is 12.1. The molecule has 0 radical (unpaired) electrons. The van der Waals surface area contributed by atoms with Crippen molar-refractivity contribution >= 4 is 47.3 Å². The predicted octanol–water partition coefficient (Wildman–Crippen LogP) is 11.8. The summed E-state index contributed by atoms with van der Waals surface area (Å²) in [7, 11) is 6.46. The Morgan fingerprint density at radius 1 is 0.583 bits per heavy atom. The number of benzene rings is 4. The number of carbonyl (C=O) groups excluding carboxylic acids is 2. The molecule has 0 aliphatic carbocycles. The molecule has 0 bridgehead atoms. The number of nitrogens with zero attached hydrogens (tertiary/aromatic N) is 10. The Kier molecular flexibility index (Phi) is 19.7. The van der Waals surface area contributed by atoms with Gasteiger partial charge in [0.15, 0.2) is 34.6 Å². The van der Waals surface area contributed by atoms with Crippen molar-refractivity contribution in [2.75, 3.05) is 41.7 Å². The third kappa shape index (κ3) is 13.4. The molecule has 2 aliphatic heterocycles. The van der Waals surface area contributed by atoms with E-state index >= 15 is 0 Å². The molecule has 4 aromatic heterocycles. The maximum atomic E-state index is 12.1. The number of hydrogen-bond acceptors (Lipinski definition) is 16. The van der Waals surface area contributed by atoms with Crippen molar-refractivity contribution in [2.24, 2.45) is 0 Å². The highest BCUT2D eigenvalue weighted by Gasteiger charge is 2.36. The minimum absolute atomic E-state index is 0.0129. The molecule has 0 saturated carbocycles. The molecular formula is C62H68Cl2N10O10. The Bertz CT molecular complexity index is 3690. The number of carbonyl (C=O) groups is 2. The summed E-state index contributed by atoms with van der Waals surface area (Å²) >= 11 is 13.2. The first kappa shape index (κ1) is 60.3. The highest BCUT2D eigenvalue weighted by molar-refractivity contribution is 6.31. The van der Waals surface area contributed by atoms with E-state index in [1.54, 1.807) is 47.0 Å². The van der Waals surface area contributed by atoms with E-state index in [1.807, 2.05) is 72.8 Å². The number of rotatable bonds is 20. The lowest BCUT2D eigenvalue weighted by Crippen LogP contribution is -2.17. The number of fused-ring (bicyclic) bond motifs is 6. The van der Waals surface area contributed by atoms with Crippen LogP contribution in [0.1, 0.15) is 135 Å². The van der Waals surface area contributed by atoms with Crippen LogP contribution in [-0.4, -0.2) is 103 Å². The molecule has 4 unspecified atom stereocenters. The van der Waals surface area contributed by atoms with E-state index in [9.17, 15) is 9.59 Å². The second-order valence-corrected chi connectivity index (χ2v) is 21.1. The average molecular weight is 1180 g/mol. The SMILES string of the molecule is CCOC(=O)Cc1nnn(CCC2OC(c3cccc(OC)c3OC)c3cc(Cl)ccc3-n3c(C=C(C)C)ccc32)n1.CCOC(=O)Cc1nnnn1CCC1OC(c2cccc(OC)c2OC)c2cc(Cl)ccc2-n2c(C=C(C)C)ccc21. The molecule has 0 N–H and O–H groups in total. The molecule has 0 spiro atoms. The summed E-state index contributed by atoms with van der Waals surface area (Å²) in [6.45, 7) is 13.2. The van der Waals surface area contributed by atoms with Crippen LogP contribution < -0.4 is 18.9 Å². The van der Waals surface area contributed by atoms with Gasteiger partial charge in [-0.25, -0.2) is 4.68 Å². The van der Waals surface area contributed by atoms with Gasteiger partial charge in [0.05, 0.1) is 71.0 Å². The molecule has 8 aromatic rings. The van der Waals surface area contributed by atoms with E-state index < -0.39 is 18.3 Å². The highest BCUT2D eigenvalue weighted by atomic mass is 35.5. The van der Waals surface area contributed by atoms with E-state index in [0.29, 0.717) is 83.8 Å². The first-order valence-electron chi connectivity index (χ1n) is 27.5. The molecule has 22 heteroatoms. The standard InChI is InChI=1S/2C31H34ClN5O5/c1-6-41-29(38)18-28-33-34-35-36(28)15-14-26-25-13-11-21(16-19(2)3)37(25)24-12-10-20(32)17-23(24)30(42-26)22-8-7-9-27(39-4)31(22)40-5;1-6-41-29(38)18-28-33-35-36(34-28)15-14-26-25-13-11-21(16-19(2)3)37(25)24-12-10-20(32)17-23(24)30(42-26)22-8-7-9-27(39-4)31(22)40-5/h2*7-13,16-17,26,30H,6,14-15,18H2,1-5H3. The Balaban J connectivity index is 0.000000202. The number of aryl methyl sites for hydroxylation is 2. The average Bonchev–Trinajstić information content (AvgIpc) is 2.16. The van der Waals surface area contributed by atoms with Crippen LogP contribution in [0.15, 0.2) is 108 Å². The number of esters is 2. The van der Waals surface area contributed by atoms with Gasteiger partial charge in [-0.3, -0.25) is 9.59 Å². The monoisotopic (exact) mass is 1180 g/mol. The van der Waals surface area contributed by atoms with Crippen molar-refractivity contribution in [1.29, 1.82) is 0 Å². The summed E-state index contributed by atoms with van der Waals surface area (Å²) < 4.78 is 53.1. The van der Waals surface area contributed by atoms with Gasteiger partial charge >= 0.3 is 11.9 Å². The molecular weight excluding hydrogens is 1120 g/mol. The second kappa shape index (κ2) is 27.4. The number of halogens is 2. The Morgan fingerprint density at radius 3 is 1.56 bits per heavy atom. The fourth-order valence-electron chi connectivity index (χ4n) is 10.6. The van der Waals surface area contributed by atoms with E-state index in [-0.39, 0.29) is 30.9 Å². The highest BCUT2D eigenvalue weighted by Crippen LogP contribution is 2.49. The van der Waals surface area contributed by atoms with Crippen LogP contribution in [0.25, 0.3) is 23.5 Å². The summed E-state index contributed by atoms with van der Waals surface area (Å²) in [5.41, 5.74) is 11.6. The second-order valence-electron chi connectivity index (χ2n) is 20.2. The number of allylic oxidation sites excluding steroid dienone is 2. The zero-order valence-electron chi connectivity index (χ0n) is 48.7. The van der Waals surface area contributed by atoms with Crippen LogP contribution in [-0.2, 0) is 54.5 Å². The molecule has 0 amide bonds. The fourth-order valence-corrected chi connectivity index (χ4v) is 10.9. The Hall–Kier alpha value is -8.30. The van der Waals surface area contributed by atoms with Gasteiger partial charge < -0.3 is 47.0 Å². The van der Waals surface area contributed by atoms with Gasteiger partial charge in [-0.2, -0.15) is 4.80 Å². The van der Waals surface area contributed by atoms with Crippen molar-refractivity contribution < 1.29 is 47.5 Å². The third-order valence-electron chi connectivity index (χ3n) is 14.0. The quantitative estimate of drug-likeness (QED) is 0.0651. The lowest BCUT2D eigenvalue weighted by molar-refractivity contribution is -0.143. The molecule has 0 saturated heterocycles. The molecule has 4 aromatic carbocycles. The largest absolute Gasteiger partial charge is 0.493 e. The summed E-state index contributed by atoms with van der Waals surface area (Å²) in [5, 5.41) is 25.8. The number of ether oxygens (including phenoxy) is 8. The van der Waals surface area contributed by atoms with Gasteiger partial charge in [0, 0.05) is 56.7 Å². The lowest BCUT2D eigenvalue weighted by atomic mass is 9.98. The van der Waals surface area contributed by atoms with Crippen LogP contribution in [0.3, 0.4) is 0 Å². The van der Waals surface area contributed by atoms with Gasteiger partial charge in [0.25, 0.3) is 0 Å². The number of hydrogen-bond donors (Lipinski definition) is 0. The minimum atomic E-state index is -0.541. The molecule has 4 atom stereocenters. The van der Waals surface area contributed by atoms with Crippen LogP contribution in [0.4, 0.5) is 0 Å². The van der Waals surface area contributed by atoms with Crippen molar-refractivity contribution in [3.8, 4) is 34.4 Å². The predicted molar refractivity (Wildman–Crippen MR) is 316 cm³/mol. The van der Waals surface area contributed by atoms with E-state index in [2.05, 4.69) is 104 Å². The lowest BCUT2D eigenvalue weighted by Gasteiger charge is -2.25. The first-order valence-corrected chi connectivity index (χ1v) is 28.3. The van der Waals surface area contributed by atoms with Crippen LogP contribution in [0.5, 0.6) is 23.0 Å². The smallest absolute Gasteiger partial charge is 0.313 e. The molecule has 2 aliphatic rings. The minimum Gasteiger partial charge on any atom is -0.493 e. The molecule has 0 fully saturated rings. The zero-order valence-corrected chi connectivity index (χ0v) is 50.2. The van der Waals surface area contributed by atoms with Crippen LogP contribution in [0, 0.1) is 0 Å². The normalized spacial score (nSPS) is 15.8. The first-order chi connectivity index (χ1) is 40.7. The molecule has 10 rings (SSSR count). The van der Waals surface area contributed by atoms with Gasteiger partial charge in [0.1, 0.15) is 37.3 Å².